The monoisotopic (exact) mass is 353 g/mol. The van der Waals surface area contributed by atoms with Crippen LogP contribution in [0.1, 0.15) is 17.2 Å². The van der Waals surface area contributed by atoms with Crippen molar-refractivity contribution >= 4 is 33.0 Å². The SMILES string of the molecule is CS(=O)(=O)Nc1ccc(C(NC(N)=S)c2ccccc2)cc1F. The van der Waals surface area contributed by atoms with E-state index in [0.717, 1.165) is 11.8 Å². The predicted octanol–water partition coefficient (Wildman–Crippen LogP) is 2.12. The molecule has 0 aliphatic rings. The van der Waals surface area contributed by atoms with Gasteiger partial charge < -0.3 is 11.1 Å². The summed E-state index contributed by atoms with van der Waals surface area (Å²) >= 11 is 4.88. The largest absolute Gasteiger partial charge is 0.376 e. The lowest BCUT2D eigenvalue weighted by molar-refractivity contribution is 0.603. The third kappa shape index (κ3) is 4.90. The predicted molar refractivity (Wildman–Crippen MR) is 93.1 cm³/mol. The average Bonchev–Trinajstić information content (AvgIpc) is 2.46. The summed E-state index contributed by atoms with van der Waals surface area (Å²) in [6.07, 6.45) is 0.960. The highest BCUT2D eigenvalue weighted by molar-refractivity contribution is 7.92. The van der Waals surface area contributed by atoms with E-state index in [1.807, 2.05) is 30.3 Å². The van der Waals surface area contributed by atoms with E-state index in [1.54, 1.807) is 6.07 Å². The Hall–Kier alpha value is -2.19. The Morgan fingerprint density at radius 3 is 2.35 bits per heavy atom. The molecule has 0 bridgehead atoms. The van der Waals surface area contributed by atoms with Crippen molar-refractivity contribution in [1.82, 2.24) is 5.32 Å². The fourth-order valence-corrected chi connectivity index (χ4v) is 2.82. The number of nitrogens with one attached hydrogen (secondary N) is 2. The van der Waals surface area contributed by atoms with Crippen LogP contribution in [0.3, 0.4) is 0 Å². The summed E-state index contributed by atoms with van der Waals surface area (Å²) in [4.78, 5) is 0. The van der Waals surface area contributed by atoms with E-state index >= 15 is 0 Å². The topological polar surface area (TPSA) is 84.2 Å². The fraction of sp³-hybridized carbons (Fsp3) is 0.133. The lowest BCUT2D eigenvalue weighted by Gasteiger charge is -2.20. The smallest absolute Gasteiger partial charge is 0.229 e. The molecule has 122 valence electrons. The second-order valence-corrected chi connectivity index (χ2v) is 7.15. The fourth-order valence-electron chi connectivity index (χ4n) is 2.14. The highest BCUT2D eigenvalue weighted by Gasteiger charge is 2.17. The van der Waals surface area contributed by atoms with Crippen LogP contribution in [0.25, 0.3) is 0 Å². The van der Waals surface area contributed by atoms with E-state index < -0.39 is 21.9 Å². The Bertz CT molecular complexity index is 811. The molecule has 0 saturated carbocycles. The number of halogens is 1. The lowest BCUT2D eigenvalue weighted by atomic mass is 9.98. The highest BCUT2D eigenvalue weighted by atomic mass is 32.2. The van der Waals surface area contributed by atoms with Crippen LogP contribution in [-0.2, 0) is 10.0 Å². The van der Waals surface area contributed by atoms with Crippen molar-refractivity contribution in [3.63, 3.8) is 0 Å². The molecule has 0 heterocycles. The van der Waals surface area contributed by atoms with Crippen LogP contribution < -0.4 is 15.8 Å². The van der Waals surface area contributed by atoms with Crippen LogP contribution in [-0.4, -0.2) is 19.8 Å². The number of anilines is 1. The first-order valence-electron chi connectivity index (χ1n) is 6.64. The van der Waals surface area contributed by atoms with Crippen molar-refractivity contribution in [3.8, 4) is 0 Å². The van der Waals surface area contributed by atoms with Crippen LogP contribution in [0.2, 0.25) is 0 Å². The minimum absolute atomic E-state index is 0.0811. The van der Waals surface area contributed by atoms with E-state index in [-0.39, 0.29) is 10.8 Å². The molecule has 0 saturated heterocycles. The molecule has 0 radical (unpaired) electrons. The summed E-state index contributed by atoms with van der Waals surface area (Å²) in [5.41, 5.74) is 6.86. The van der Waals surface area contributed by atoms with Gasteiger partial charge in [-0.05, 0) is 35.5 Å². The van der Waals surface area contributed by atoms with E-state index in [0.29, 0.717) is 5.56 Å². The normalized spacial score (nSPS) is 12.4. The van der Waals surface area contributed by atoms with Crippen LogP contribution >= 0.6 is 12.2 Å². The molecular weight excluding hydrogens is 337 g/mol. The van der Waals surface area contributed by atoms with Crippen LogP contribution in [0.15, 0.2) is 48.5 Å². The van der Waals surface area contributed by atoms with Gasteiger partial charge in [0.05, 0.1) is 18.0 Å². The number of hydrogen-bond acceptors (Lipinski definition) is 3. The van der Waals surface area contributed by atoms with Gasteiger partial charge in [-0.25, -0.2) is 12.8 Å². The van der Waals surface area contributed by atoms with Crippen LogP contribution in [0, 0.1) is 5.82 Å². The Balaban J connectivity index is 2.40. The average molecular weight is 353 g/mol. The first-order chi connectivity index (χ1) is 10.8. The maximum Gasteiger partial charge on any atom is 0.229 e. The molecule has 0 aromatic heterocycles. The maximum atomic E-state index is 14.2. The molecule has 5 nitrogen and oxygen atoms in total. The summed E-state index contributed by atoms with van der Waals surface area (Å²) in [6, 6.07) is 13.1. The Labute approximate surface area is 139 Å². The maximum absolute atomic E-state index is 14.2. The molecule has 1 atom stereocenters. The van der Waals surface area contributed by atoms with Crippen molar-refractivity contribution in [3.05, 3.63) is 65.5 Å². The lowest BCUT2D eigenvalue weighted by Crippen LogP contribution is -2.33. The minimum atomic E-state index is -3.55. The number of nitrogens with two attached hydrogens (primary N) is 1. The Morgan fingerprint density at radius 1 is 1.17 bits per heavy atom. The summed E-state index contributed by atoms with van der Waals surface area (Å²) in [7, 11) is -3.55. The molecular formula is C15H16FN3O2S2. The molecule has 2 rings (SSSR count). The standard InChI is InChI=1S/C15H16FN3O2S2/c1-23(20,21)19-13-8-7-11(9-12(13)16)14(18-15(17)22)10-5-3-2-4-6-10/h2-9,14,19H,1H3,(H3,17,18,22). The van der Waals surface area contributed by atoms with Gasteiger partial charge in [-0.15, -0.1) is 0 Å². The number of rotatable bonds is 5. The Kier molecular flexibility index (Phi) is 5.17. The zero-order valence-corrected chi connectivity index (χ0v) is 13.9. The van der Waals surface area contributed by atoms with Crippen LogP contribution in [0.5, 0.6) is 0 Å². The zero-order valence-electron chi connectivity index (χ0n) is 12.3. The van der Waals surface area contributed by atoms with Crippen molar-refractivity contribution in [2.24, 2.45) is 5.73 Å². The second kappa shape index (κ2) is 6.93. The van der Waals surface area contributed by atoms with Crippen LogP contribution in [0.4, 0.5) is 10.1 Å². The molecule has 23 heavy (non-hydrogen) atoms. The summed E-state index contributed by atoms with van der Waals surface area (Å²) in [5.74, 6) is -0.682. The molecule has 0 amide bonds. The minimum Gasteiger partial charge on any atom is -0.376 e. The highest BCUT2D eigenvalue weighted by Crippen LogP contribution is 2.25. The van der Waals surface area contributed by atoms with E-state index in [4.69, 9.17) is 18.0 Å². The summed E-state index contributed by atoms with van der Waals surface area (Å²) < 4.78 is 38.7. The Morgan fingerprint density at radius 2 is 1.83 bits per heavy atom. The summed E-state index contributed by atoms with van der Waals surface area (Å²) in [5, 5.41) is 2.99. The molecule has 2 aromatic rings. The molecule has 0 spiro atoms. The van der Waals surface area contributed by atoms with E-state index in [2.05, 4.69) is 10.0 Å². The van der Waals surface area contributed by atoms with Gasteiger partial charge in [0.1, 0.15) is 5.82 Å². The summed E-state index contributed by atoms with van der Waals surface area (Å²) in [6.45, 7) is 0. The van der Waals surface area contributed by atoms with Gasteiger partial charge in [-0.1, -0.05) is 36.4 Å². The van der Waals surface area contributed by atoms with Gasteiger partial charge in [-0.2, -0.15) is 0 Å². The van der Waals surface area contributed by atoms with Crippen molar-refractivity contribution in [1.29, 1.82) is 0 Å². The molecule has 8 heteroatoms. The first kappa shape index (κ1) is 17.2. The number of sulfonamides is 1. The van der Waals surface area contributed by atoms with E-state index in [9.17, 15) is 12.8 Å². The number of hydrogen-bond donors (Lipinski definition) is 3. The number of benzene rings is 2. The third-order valence-electron chi connectivity index (χ3n) is 3.04. The van der Waals surface area contributed by atoms with Gasteiger partial charge in [0.2, 0.25) is 10.0 Å². The van der Waals surface area contributed by atoms with E-state index in [1.165, 1.54) is 12.1 Å². The van der Waals surface area contributed by atoms with Crippen molar-refractivity contribution in [2.75, 3.05) is 11.0 Å². The molecule has 0 aliphatic carbocycles. The molecule has 0 aliphatic heterocycles. The van der Waals surface area contributed by atoms with Crippen molar-refractivity contribution < 1.29 is 12.8 Å². The number of thiocarbonyl (C=S) groups is 1. The van der Waals surface area contributed by atoms with Gasteiger partial charge in [-0.3, -0.25) is 4.72 Å². The molecule has 1 unspecified atom stereocenters. The second-order valence-electron chi connectivity index (χ2n) is 4.97. The van der Waals surface area contributed by atoms with Crippen molar-refractivity contribution in [2.45, 2.75) is 6.04 Å². The third-order valence-corrected chi connectivity index (χ3v) is 3.75. The van der Waals surface area contributed by atoms with Gasteiger partial charge in [0.25, 0.3) is 0 Å². The van der Waals surface area contributed by atoms with Gasteiger partial charge >= 0.3 is 0 Å². The molecule has 4 N–H and O–H groups in total. The first-order valence-corrected chi connectivity index (χ1v) is 8.94. The quantitative estimate of drug-likeness (QED) is 0.717. The zero-order chi connectivity index (χ0) is 17.0. The molecule has 0 fully saturated rings. The van der Waals surface area contributed by atoms with Gasteiger partial charge in [0.15, 0.2) is 5.11 Å². The van der Waals surface area contributed by atoms with Gasteiger partial charge in [0, 0.05) is 0 Å². The molecule has 2 aromatic carbocycles.